The van der Waals surface area contributed by atoms with Crippen LogP contribution < -0.4 is 5.73 Å². The summed E-state index contributed by atoms with van der Waals surface area (Å²) in [5.74, 6) is 0. The first kappa shape index (κ1) is 8.06. The fourth-order valence-corrected chi connectivity index (χ4v) is 2.30. The van der Waals surface area contributed by atoms with Crippen molar-refractivity contribution in [2.24, 2.45) is 5.73 Å². The van der Waals surface area contributed by atoms with E-state index in [-0.39, 0.29) is 0 Å². The first-order valence-electron chi connectivity index (χ1n) is 5.08. The van der Waals surface area contributed by atoms with Crippen molar-refractivity contribution in [2.45, 2.75) is 25.3 Å². The number of furan rings is 1. The van der Waals surface area contributed by atoms with Gasteiger partial charge in [-0.15, -0.1) is 0 Å². The molecule has 14 heavy (non-hydrogen) atoms. The van der Waals surface area contributed by atoms with Gasteiger partial charge in [-0.25, -0.2) is 0 Å². The molecule has 2 heteroatoms. The van der Waals surface area contributed by atoms with Crippen LogP contribution in [0.4, 0.5) is 0 Å². The van der Waals surface area contributed by atoms with E-state index in [0.29, 0.717) is 6.04 Å². The lowest BCUT2D eigenvalue weighted by atomic mass is 9.88. The quantitative estimate of drug-likeness (QED) is 0.687. The summed E-state index contributed by atoms with van der Waals surface area (Å²) >= 11 is 0. The number of fused-ring (bicyclic) bond motifs is 3. The third kappa shape index (κ3) is 1.07. The average Bonchev–Trinajstić information content (AvgIpc) is 2.65. The molecule has 1 aliphatic rings. The summed E-state index contributed by atoms with van der Waals surface area (Å²) in [5.41, 5.74) is 9.74. The van der Waals surface area contributed by atoms with Crippen LogP contribution in [-0.4, -0.2) is 6.04 Å². The molecule has 2 aromatic rings. The van der Waals surface area contributed by atoms with Gasteiger partial charge in [-0.2, -0.15) is 0 Å². The topological polar surface area (TPSA) is 39.2 Å². The lowest BCUT2D eigenvalue weighted by Crippen LogP contribution is -2.27. The number of aryl methyl sites for hydroxylation is 1. The fraction of sp³-hybridized carbons (Fsp3) is 0.333. The number of nitrogens with two attached hydrogens (primary N) is 1. The number of benzene rings is 1. The monoisotopic (exact) mass is 187 g/mol. The summed E-state index contributed by atoms with van der Waals surface area (Å²) in [5, 5.41) is 1.19. The fourth-order valence-electron chi connectivity index (χ4n) is 2.30. The van der Waals surface area contributed by atoms with E-state index >= 15 is 0 Å². The maximum atomic E-state index is 5.97. The summed E-state index contributed by atoms with van der Waals surface area (Å²) < 4.78 is 5.51. The summed E-state index contributed by atoms with van der Waals surface area (Å²) in [6.07, 6.45) is 4.90. The zero-order valence-corrected chi connectivity index (χ0v) is 7.99. The summed E-state index contributed by atoms with van der Waals surface area (Å²) in [6.45, 7) is 0. The Kier molecular flexibility index (Phi) is 1.64. The second-order valence-corrected chi connectivity index (χ2v) is 4.05. The van der Waals surface area contributed by atoms with Gasteiger partial charge in [0.1, 0.15) is 5.58 Å². The highest BCUT2D eigenvalue weighted by Crippen LogP contribution is 2.29. The van der Waals surface area contributed by atoms with Gasteiger partial charge in [-0.1, -0.05) is 12.1 Å². The highest BCUT2D eigenvalue weighted by atomic mass is 16.3. The molecule has 2 N–H and O–H groups in total. The van der Waals surface area contributed by atoms with Crippen LogP contribution in [0.15, 0.2) is 28.9 Å². The van der Waals surface area contributed by atoms with Crippen LogP contribution in [0.1, 0.15) is 17.5 Å². The molecule has 3 rings (SSSR count). The molecule has 1 unspecified atom stereocenters. The Hall–Kier alpha value is -1.28. The molecule has 0 radical (unpaired) electrons. The van der Waals surface area contributed by atoms with E-state index < -0.39 is 0 Å². The average molecular weight is 187 g/mol. The van der Waals surface area contributed by atoms with Crippen LogP contribution in [-0.2, 0) is 12.8 Å². The van der Waals surface area contributed by atoms with Crippen LogP contribution in [0, 0.1) is 0 Å². The minimum absolute atomic E-state index is 0.304. The molecule has 1 heterocycles. The minimum atomic E-state index is 0.304. The van der Waals surface area contributed by atoms with Gasteiger partial charge in [0, 0.05) is 17.0 Å². The van der Waals surface area contributed by atoms with Gasteiger partial charge in [0.15, 0.2) is 0 Å². The Balaban J connectivity index is 2.26. The molecule has 1 aromatic heterocycles. The maximum absolute atomic E-state index is 5.97. The zero-order valence-electron chi connectivity index (χ0n) is 7.99. The lowest BCUT2D eigenvalue weighted by Gasteiger charge is -2.21. The summed E-state index contributed by atoms with van der Waals surface area (Å²) in [6, 6.07) is 6.65. The molecule has 0 bridgehead atoms. The first-order valence-corrected chi connectivity index (χ1v) is 5.08. The van der Waals surface area contributed by atoms with Crippen LogP contribution in [0.5, 0.6) is 0 Å². The van der Waals surface area contributed by atoms with E-state index in [1.165, 1.54) is 16.5 Å². The van der Waals surface area contributed by atoms with E-state index in [9.17, 15) is 0 Å². The van der Waals surface area contributed by atoms with E-state index in [1.54, 1.807) is 6.26 Å². The van der Waals surface area contributed by atoms with Crippen molar-refractivity contribution in [2.75, 3.05) is 0 Å². The largest absolute Gasteiger partial charge is 0.464 e. The van der Waals surface area contributed by atoms with Crippen molar-refractivity contribution in [3.63, 3.8) is 0 Å². The van der Waals surface area contributed by atoms with Crippen LogP contribution in [0.25, 0.3) is 11.0 Å². The van der Waals surface area contributed by atoms with E-state index in [4.69, 9.17) is 10.2 Å². The Morgan fingerprint density at radius 1 is 1.29 bits per heavy atom. The van der Waals surface area contributed by atoms with Crippen LogP contribution in [0.3, 0.4) is 0 Å². The third-order valence-electron chi connectivity index (χ3n) is 3.07. The Morgan fingerprint density at radius 3 is 3.14 bits per heavy atom. The van der Waals surface area contributed by atoms with Gasteiger partial charge in [0.2, 0.25) is 0 Å². The molecular formula is C12H13NO. The normalized spacial score (nSPS) is 21.1. The highest BCUT2D eigenvalue weighted by molar-refractivity contribution is 5.81. The molecule has 0 aliphatic heterocycles. The van der Waals surface area contributed by atoms with Gasteiger partial charge in [0.25, 0.3) is 0 Å². The molecule has 0 saturated carbocycles. The van der Waals surface area contributed by atoms with Gasteiger partial charge in [-0.05, 0) is 30.9 Å². The van der Waals surface area contributed by atoms with E-state index in [2.05, 4.69) is 12.1 Å². The van der Waals surface area contributed by atoms with Gasteiger partial charge in [0.05, 0.1) is 6.26 Å². The molecule has 2 nitrogen and oxygen atoms in total. The van der Waals surface area contributed by atoms with E-state index in [0.717, 1.165) is 24.8 Å². The predicted octanol–water partition coefficient (Wildman–Crippen LogP) is 2.25. The number of rotatable bonds is 0. The molecule has 1 aliphatic carbocycles. The van der Waals surface area contributed by atoms with Crippen molar-refractivity contribution in [1.29, 1.82) is 0 Å². The number of hydrogen-bond acceptors (Lipinski definition) is 2. The molecule has 1 aromatic carbocycles. The maximum Gasteiger partial charge on any atom is 0.137 e. The molecule has 0 spiro atoms. The molecule has 0 amide bonds. The van der Waals surface area contributed by atoms with Crippen molar-refractivity contribution >= 4 is 11.0 Å². The summed E-state index contributed by atoms with van der Waals surface area (Å²) in [4.78, 5) is 0. The van der Waals surface area contributed by atoms with Crippen molar-refractivity contribution in [1.82, 2.24) is 0 Å². The second-order valence-electron chi connectivity index (χ2n) is 4.05. The van der Waals surface area contributed by atoms with Crippen molar-refractivity contribution < 1.29 is 4.42 Å². The van der Waals surface area contributed by atoms with Crippen LogP contribution in [0.2, 0.25) is 0 Å². The lowest BCUT2D eigenvalue weighted by molar-refractivity contribution is 0.559. The predicted molar refractivity (Wildman–Crippen MR) is 56.2 cm³/mol. The van der Waals surface area contributed by atoms with Gasteiger partial charge in [-0.3, -0.25) is 0 Å². The Labute approximate surface area is 82.7 Å². The second kappa shape index (κ2) is 2.85. The van der Waals surface area contributed by atoms with Crippen LogP contribution >= 0.6 is 0 Å². The molecule has 72 valence electrons. The van der Waals surface area contributed by atoms with Gasteiger partial charge >= 0.3 is 0 Å². The zero-order chi connectivity index (χ0) is 9.54. The summed E-state index contributed by atoms with van der Waals surface area (Å²) in [7, 11) is 0. The SMILES string of the molecule is NC1CCc2ccc3ccoc3c2C1. The Bertz CT molecular complexity index is 472. The standard InChI is InChI=1S/C12H13NO/c13-10-4-3-8-1-2-9-5-6-14-12(9)11(8)7-10/h1-2,5-6,10H,3-4,7,13H2. The highest BCUT2D eigenvalue weighted by Gasteiger charge is 2.18. The van der Waals surface area contributed by atoms with Crippen molar-refractivity contribution in [3.05, 3.63) is 35.6 Å². The first-order chi connectivity index (χ1) is 6.84. The Morgan fingerprint density at radius 2 is 2.21 bits per heavy atom. The van der Waals surface area contributed by atoms with Crippen molar-refractivity contribution in [3.8, 4) is 0 Å². The van der Waals surface area contributed by atoms with Gasteiger partial charge < -0.3 is 10.2 Å². The molecule has 0 saturated heterocycles. The minimum Gasteiger partial charge on any atom is -0.464 e. The molecular weight excluding hydrogens is 174 g/mol. The molecule has 1 atom stereocenters. The molecule has 0 fully saturated rings. The van der Waals surface area contributed by atoms with E-state index in [1.807, 2.05) is 6.07 Å². The smallest absolute Gasteiger partial charge is 0.137 e. The number of hydrogen-bond donors (Lipinski definition) is 1. The third-order valence-corrected chi connectivity index (χ3v) is 3.07.